The van der Waals surface area contributed by atoms with E-state index in [1.807, 2.05) is 36.7 Å². The van der Waals surface area contributed by atoms with E-state index in [9.17, 15) is 4.79 Å². The number of hydrogen-bond acceptors (Lipinski definition) is 4. The van der Waals surface area contributed by atoms with Gasteiger partial charge in [-0.25, -0.2) is 4.98 Å². The van der Waals surface area contributed by atoms with Crippen LogP contribution in [0.2, 0.25) is 0 Å². The molecule has 1 N–H and O–H groups in total. The lowest BCUT2D eigenvalue weighted by atomic mass is 10.0. The molecule has 0 aliphatic carbocycles. The Hall–Kier alpha value is -2.63. The molecule has 1 aliphatic rings. The maximum absolute atomic E-state index is 12.2. The van der Waals surface area contributed by atoms with Gasteiger partial charge in [0.2, 0.25) is 5.88 Å². The molecule has 2 aromatic rings. The highest BCUT2D eigenvalue weighted by Gasteiger charge is 2.26. The van der Waals surface area contributed by atoms with E-state index in [1.165, 1.54) is 0 Å². The van der Waals surface area contributed by atoms with Crippen LogP contribution in [0.5, 0.6) is 5.88 Å². The third-order valence-electron chi connectivity index (χ3n) is 4.13. The maximum atomic E-state index is 12.2. The predicted octanol–water partition coefficient (Wildman–Crippen LogP) is 2.96. The summed E-state index contributed by atoms with van der Waals surface area (Å²) in [6, 6.07) is 4.03. The molecule has 0 radical (unpaired) electrons. The van der Waals surface area contributed by atoms with Crippen molar-refractivity contribution in [3.05, 3.63) is 46.9 Å². The molecule has 0 atom stereocenters. The first-order valence-electron chi connectivity index (χ1n) is 8.56. The molecule has 0 aromatic carbocycles. The van der Waals surface area contributed by atoms with E-state index in [2.05, 4.69) is 24.1 Å². The minimum absolute atomic E-state index is 0.0301. The highest BCUT2D eigenvalue weighted by molar-refractivity contribution is 6.17. The zero-order valence-corrected chi connectivity index (χ0v) is 15.3. The van der Waals surface area contributed by atoms with Crippen molar-refractivity contribution in [3.63, 3.8) is 0 Å². The molecule has 1 amide bonds. The summed E-state index contributed by atoms with van der Waals surface area (Å²) in [7, 11) is 1.64. The van der Waals surface area contributed by atoms with E-state index >= 15 is 0 Å². The third-order valence-corrected chi connectivity index (χ3v) is 4.13. The van der Waals surface area contributed by atoms with Crippen LogP contribution in [0.3, 0.4) is 0 Å². The summed E-state index contributed by atoms with van der Waals surface area (Å²) in [5.41, 5.74) is 4.40. The number of rotatable bonds is 5. The van der Waals surface area contributed by atoms with E-state index in [-0.39, 0.29) is 18.1 Å². The fraction of sp³-hybridized carbons (Fsp3) is 0.421. The smallest absolute Gasteiger partial charge is 0.267 e. The summed E-state index contributed by atoms with van der Waals surface area (Å²) >= 11 is 0. The molecule has 6 nitrogen and oxygen atoms in total. The highest BCUT2D eigenvalue weighted by atomic mass is 16.5. The molecular weight excluding hydrogens is 316 g/mol. The van der Waals surface area contributed by atoms with Crippen molar-refractivity contribution in [2.75, 3.05) is 7.05 Å². The van der Waals surface area contributed by atoms with Crippen LogP contribution < -0.4 is 10.1 Å². The van der Waals surface area contributed by atoms with E-state index in [0.717, 1.165) is 22.4 Å². The largest absolute Gasteiger partial charge is 0.474 e. The number of nitrogens with zero attached hydrogens (tertiary/aromatic N) is 3. The number of aromatic nitrogens is 2. The lowest BCUT2D eigenvalue weighted by Gasteiger charge is -2.13. The molecule has 0 bridgehead atoms. The molecule has 132 valence electrons. The number of fused-ring (bicyclic) bond motifs is 1. The SMILES string of the molecule is CNC(=O)c1cc(C2=NCc3ccnc(OC(C)C)c32)cn1C(C)C. The topological polar surface area (TPSA) is 68.5 Å². The van der Waals surface area contributed by atoms with Crippen molar-refractivity contribution in [3.8, 4) is 5.88 Å². The van der Waals surface area contributed by atoms with Gasteiger partial charge in [0, 0.05) is 31.0 Å². The van der Waals surface area contributed by atoms with Crippen LogP contribution in [0.4, 0.5) is 0 Å². The van der Waals surface area contributed by atoms with Crippen molar-refractivity contribution in [1.82, 2.24) is 14.9 Å². The monoisotopic (exact) mass is 340 g/mol. The van der Waals surface area contributed by atoms with Crippen LogP contribution in [0.1, 0.15) is 60.9 Å². The first-order valence-corrected chi connectivity index (χ1v) is 8.56. The Morgan fingerprint density at radius 3 is 2.72 bits per heavy atom. The number of amides is 1. The van der Waals surface area contributed by atoms with Crippen LogP contribution in [0.15, 0.2) is 29.5 Å². The molecule has 0 fully saturated rings. The van der Waals surface area contributed by atoms with Gasteiger partial charge in [0.15, 0.2) is 0 Å². The highest BCUT2D eigenvalue weighted by Crippen LogP contribution is 2.31. The maximum Gasteiger partial charge on any atom is 0.267 e. The summed E-state index contributed by atoms with van der Waals surface area (Å²) in [6.07, 6.45) is 3.77. The third kappa shape index (κ3) is 3.16. The number of ether oxygens (including phenoxy) is 1. The lowest BCUT2D eigenvalue weighted by Crippen LogP contribution is -2.22. The average Bonchev–Trinajstić information content (AvgIpc) is 3.18. The molecule has 0 saturated carbocycles. The summed E-state index contributed by atoms with van der Waals surface area (Å²) < 4.78 is 7.85. The van der Waals surface area contributed by atoms with Gasteiger partial charge in [-0.05, 0) is 45.4 Å². The predicted molar refractivity (Wildman–Crippen MR) is 97.6 cm³/mol. The number of aliphatic imine (C=N–C) groups is 1. The van der Waals surface area contributed by atoms with Gasteiger partial charge in [-0.15, -0.1) is 0 Å². The second-order valence-corrected chi connectivity index (χ2v) is 6.68. The molecule has 2 aromatic heterocycles. The molecule has 1 aliphatic heterocycles. The second kappa shape index (κ2) is 6.70. The van der Waals surface area contributed by atoms with Crippen LogP contribution in [0.25, 0.3) is 0 Å². The van der Waals surface area contributed by atoms with Gasteiger partial charge in [0.05, 0.1) is 23.9 Å². The van der Waals surface area contributed by atoms with Gasteiger partial charge in [-0.3, -0.25) is 9.79 Å². The van der Waals surface area contributed by atoms with Crippen molar-refractivity contribution >= 4 is 11.6 Å². The Labute approximate surface area is 147 Å². The minimum atomic E-state index is -0.108. The normalized spacial score (nSPS) is 13.2. The molecule has 0 saturated heterocycles. The van der Waals surface area contributed by atoms with Crippen LogP contribution >= 0.6 is 0 Å². The molecule has 6 heteroatoms. The standard InChI is InChI=1S/C19H24N4O2/c1-11(2)23-10-14(8-15(23)18(24)20-5)17-16-13(9-22-17)6-7-21-19(16)25-12(3)4/h6-8,10-12H,9H2,1-5H3,(H,20,24). The fourth-order valence-electron chi connectivity index (χ4n) is 3.00. The Kier molecular flexibility index (Phi) is 4.61. The van der Waals surface area contributed by atoms with Gasteiger partial charge in [0.25, 0.3) is 5.91 Å². The number of carbonyl (C=O) groups excluding carboxylic acids is 1. The van der Waals surface area contributed by atoms with E-state index in [0.29, 0.717) is 18.1 Å². The Morgan fingerprint density at radius 2 is 2.08 bits per heavy atom. The first-order chi connectivity index (χ1) is 11.9. The summed E-state index contributed by atoms with van der Waals surface area (Å²) in [4.78, 5) is 21.3. The zero-order chi connectivity index (χ0) is 18.1. The van der Waals surface area contributed by atoms with Gasteiger partial charge in [-0.2, -0.15) is 0 Å². The van der Waals surface area contributed by atoms with E-state index in [4.69, 9.17) is 9.73 Å². The number of nitrogens with one attached hydrogen (secondary N) is 1. The van der Waals surface area contributed by atoms with Crippen LogP contribution in [-0.2, 0) is 6.54 Å². The Bertz CT molecular complexity index is 834. The van der Waals surface area contributed by atoms with Gasteiger partial charge >= 0.3 is 0 Å². The Balaban J connectivity index is 2.08. The second-order valence-electron chi connectivity index (χ2n) is 6.68. The summed E-state index contributed by atoms with van der Waals surface area (Å²) in [6.45, 7) is 8.66. The summed E-state index contributed by atoms with van der Waals surface area (Å²) in [5.74, 6) is 0.492. The molecule has 3 heterocycles. The van der Waals surface area contributed by atoms with Gasteiger partial charge < -0.3 is 14.6 Å². The van der Waals surface area contributed by atoms with Crippen molar-refractivity contribution in [1.29, 1.82) is 0 Å². The molecule has 0 unspecified atom stereocenters. The summed E-state index contributed by atoms with van der Waals surface area (Å²) in [5, 5.41) is 2.70. The molecular formula is C19H24N4O2. The van der Waals surface area contributed by atoms with Crippen LogP contribution in [-0.4, -0.2) is 34.3 Å². The Morgan fingerprint density at radius 1 is 1.32 bits per heavy atom. The lowest BCUT2D eigenvalue weighted by molar-refractivity contribution is 0.0952. The van der Waals surface area contributed by atoms with Crippen molar-refractivity contribution < 1.29 is 9.53 Å². The quantitative estimate of drug-likeness (QED) is 0.910. The molecule has 0 spiro atoms. The first kappa shape index (κ1) is 17.2. The van der Waals surface area contributed by atoms with Crippen molar-refractivity contribution in [2.45, 2.75) is 46.4 Å². The fourth-order valence-corrected chi connectivity index (χ4v) is 3.00. The number of carbonyl (C=O) groups is 1. The van der Waals surface area contributed by atoms with E-state index < -0.39 is 0 Å². The minimum Gasteiger partial charge on any atom is -0.474 e. The van der Waals surface area contributed by atoms with Gasteiger partial charge in [0.1, 0.15) is 5.69 Å². The van der Waals surface area contributed by atoms with E-state index in [1.54, 1.807) is 13.2 Å². The van der Waals surface area contributed by atoms with Gasteiger partial charge in [-0.1, -0.05) is 0 Å². The number of pyridine rings is 1. The van der Waals surface area contributed by atoms with Crippen LogP contribution in [0, 0.1) is 0 Å². The average molecular weight is 340 g/mol. The zero-order valence-electron chi connectivity index (χ0n) is 15.3. The number of hydrogen-bond donors (Lipinski definition) is 1. The molecule has 3 rings (SSSR count). The van der Waals surface area contributed by atoms with Crippen molar-refractivity contribution in [2.24, 2.45) is 4.99 Å². The molecule has 25 heavy (non-hydrogen) atoms.